The van der Waals surface area contributed by atoms with Gasteiger partial charge in [0.25, 0.3) is 0 Å². The van der Waals surface area contributed by atoms with Crippen molar-refractivity contribution >= 4 is 26.9 Å². The Balaban J connectivity index is 2.48. The molecule has 0 aliphatic carbocycles. The maximum Gasteiger partial charge on any atom is 0.336 e. The van der Waals surface area contributed by atoms with Crippen molar-refractivity contribution in [2.75, 3.05) is 6.61 Å². The summed E-state index contributed by atoms with van der Waals surface area (Å²) in [5.41, 5.74) is 1.02. The number of fused-ring (bicyclic) bond motifs is 1. The first kappa shape index (κ1) is 11.9. The van der Waals surface area contributed by atoms with Crippen LogP contribution in [0.4, 0.5) is 0 Å². The smallest absolute Gasteiger partial charge is 0.336 e. The Bertz CT molecular complexity index is 628. The standard InChI is InChI=1S/C13H11BrO3/c1-8(14)7-16-11-5-3-10-4-6-12(15)17-13(10)9(11)2/h3-6H,1,7H2,2H3. The molecule has 4 heteroatoms. The lowest BCUT2D eigenvalue weighted by atomic mass is 10.1. The van der Waals surface area contributed by atoms with E-state index in [0.29, 0.717) is 17.9 Å². The van der Waals surface area contributed by atoms with E-state index in [1.807, 2.05) is 19.1 Å². The van der Waals surface area contributed by atoms with Crippen LogP contribution < -0.4 is 10.4 Å². The summed E-state index contributed by atoms with van der Waals surface area (Å²) < 4.78 is 11.5. The van der Waals surface area contributed by atoms with Crippen molar-refractivity contribution in [2.45, 2.75) is 6.92 Å². The summed E-state index contributed by atoms with van der Waals surface area (Å²) >= 11 is 3.22. The van der Waals surface area contributed by atoms with Gasteiger partial charge >= 0.3 is 5.63 Å². The Morgan fingerprint density at radius 3 is 2.82 bits per heavy atom. The zero-order valence-corrected chi connectivity index (χ0v) is 10.9. The van der Waals surface area contributed by atoms with Gasteiger partial charge in [-0.15, -0.1) is 0 Å². The van der Waals surface area contributed by atoms with Gasteiger partial charge in [0.15, 0.2) is 0 Å². The molecule has 0 unspecified atom stereocenters. The monoisotopic (exact) mass is 294 g/mol. The third-order valence-electron chi connectivity index (χ3n) is 2.37. The number of hydrogen-bond acceptors (Lipinski definition) is 3. The highest BCUT2D eigenvalue weighted by molar-refractivity contribution is 9.11. The maximum atomic E-state index is 11.2. The first-order valence-electron chi connectivity index (χ1n) is 5.07. The lowest BCUT2D eigenvalue weighted by Crippen LogP contribution is -2.00. The number of halogens is 1. The summed E-state index contributed by atoms with van der Waals surface area (Å²) in [7, 11) is 0. The average Bonchev–Trinajstić information content (AvgIpc) is 2.29. The molecular weight excluding hydrogens is 284 g/mol. The van der Waals surface area contributed by atoms with Gasteiger partial charge in [0.05, 0.1) is 0 Å². The minimum atomic E-state index is -0.359. The van der Waals surface area contributed by atoms with E-state index in [-0.39, 0.29) is 5.63 Å². The van der Waals surface area contributed by atoms with Crippen molar-refractivity contribution in [2.24, 2.45) is 0 Å². The van der Waals surface area contributed by atoms with Gasteiger partial charge in [-0.2, -0.15) is 0 Å². The third kappa shape index (κ3) is 2.58. The maximum absolute atomic E-state index is 11.2. The highest BCUT2D eigenvalue weighted by Crippen LogP contribution is 2.26. The minimum Gasteiger partial charge on any atom is -0.488 e. The number of ether oxygens (including phenoxy) is 1. The summed E-state index contributed by atoms with van der Waals surface area (Å²) in [6.45, 7) is 5.93. The highest BCUT2D eigenvalue weighted by Gasteiger charge is 2.07. The number of rotatable bonds is 3. The molecule has 0 atom stereocenters. The fourth-order valence-electron chi connectivity index (χ4n) is 1.57. The van der Waals surface area contributed by atoms with E-state index < -0.39 is 0 Å². The molecule has 1 heterocycles. The zero-order chi connectivity index (χ0) is 12.4. The van der Waals surface area contributed by atoms with Crippen molar-refractivity contribution in [3.63, 3.8) is 0 Å². The molecule has 1 aromatic heterocycles. The van der Waals surface area contributed by atoms with Crippen LogP contribution in [-0.2, 0) is 0 Å². The molecule has 0 aliphatic heterocycles. The molecule has 0 saturated carbocycles. The van der Waals surface area contributed by atoms with Crippen molar-refractivity contribution in [1.29, 1.82) is 0 Å². The molecule has 88 valence electrons. The lowest BCUT2D eigenvalue weighted by molar-refractivity contribution is 0.358. The van der Waals surface area contributed by atoms with Gasteiger partial charge < -0.3 is 9.15 Å². The summed E-state index contributed by atoms with van der Waals surface area (Å²) in [4.78, 5) is 11.2. The van der Waals surface area contributed by atoms with Crippen LogP contribution in [0.25, 0.3) is 11.0 Å². The predicted molar refractivity (Wildman–Crippen MR) is 70.8 cm³/mol. The fraction of sp³-hybridized carbons (Fsp3) is 0.154. The second-order valence-corrected chi connectivity index (χ2v) is 4.79. The Morgan fingerprint density at radius 2 is 2.12 bits per heavy atom. The van der Waals surface area contributed by atoms with E-state index in [1.165, 1.54) is 6.07 Å². The number of benzene rings is 1. The Kier molecular flexibility index (Phi) is 3.33. The van der Waals surface area contributed by atoms with E-state index in [4.69, 9.17) is 9.15 Å². The summed E-state index contributed by atoms with van der Waals surface area (Å²) in [6.07, 6.45) is 0. The molecule has 0 bridgehead atoms. The summed E-state index contributed by atoms with van der Waals surface area (Å²) in [6, 6.07) is 6.86. The van der Waals surface area contributed by atoms with Crippen molar-refractivity contribution in [3.8, 4) is 5.75 Å². The SMILES string of the molecule is C=C(Br)COc1ccc2ccc(=O)oc2c1C. The van der Waals surface area contributed by atoms with Crippen LogP contribution in [0.5, 0.6) is 5.75 Å². The first-order valence-corrected chi connectivity index (χ1v) is 5.87. The van der Waals surface area contributed by atoms with Gasteiger partial charge in [-0.1, -0.05) is 22.5 Å². The largest absolute Gasteiger partial charge is 0.488 e. The molecule has 2 rings (SSSR count). The summed E-state index contributed by atoms with van der Waals surface area (Å²) in [5, 5.41) is 0.882. The van der Waals surface area contributed by atoms with E-state index >= 15 is 0 Å². The third-order valence-corrected chi connectivity index (χ3v) is 2.60. The van der Waals surface area contributed by atoms with Gasteiger partial charge in [0.2, 0.25) is 0 Å². The first-order chi connectivity index (χ1) is 8.08. The Hall–Kier alpha value is -1.55. The van der Waals surface area contributed by atoms with E-state index in [9.17, 15) is 4.79 Å². The van der Waals surface area contributed by atoms with Crippen LogP contribution >= 0.6 is 15.9 Å². The summed E-state index contributed by atoms with van der Waals surface area (Å²) in [5.74, 6) is 0.687. The molecule has 0 saturated heterocycles. The molecule has 17 heavy (non-hydrogen) atoms. The van der Waals surface area contributed by atoms with Gasteiger partial charge in [-0.05, 0) is 25.1 Å². The number of hydrogen-bond donors (Lipinski definition) is 0. The van der Waals surface area contributed by atoms with Gasteiger partial charge in [-0.3, -0.25) is 0 Å². The molecular formula is C13H11BrO3. The Morgan fingerprint density at radius 1 is 1.41 bits per heavy atom. The van der Waals surface area contributed by atoms with Gasteiger partial charge in [-0.25, -0.2) is 4.79 Å². The number of aryl methyl sites for hydroxylation is 1. The molecule has 0 N–H and O–H groups in total. The van der Waals surface area contributed by atoms with Crippen LogP contribution in [0, 0.1) is 6.92 Å². The quantitative estimate of drug-likeness (QED) is 0.815. The molecule has 0 aliphatic rings. The molecule has 0 radical (unpaired) electrons. The van der Waals surface area contributed by atoms with Crippen molar-refractivity contribution < 1.29 is 9.15 Å². The van der Waals surface area contributed by atoms with Crippen molar-refractivity contribution in [3.05, 3.63) is 51.3 Å². The van der Waals surface area contributed by atoms with E-state index in [0.717, 1.165) is 15.4 Å². The lowest BCUT2D eigenvalue weighted by Gasteiger charge is -2.09. The van der Waals surface area contributed by atoms with E-state index in [2.05, 4.69) is 22.5 Å². The van der Waals surface area contributed by atoms with Gasteiger partial charge in [0.1, 0.15) is 17.9 Å². The zero-order valence-electron chi connectivity index (χ0n) is 9.33. The van der Waals surface area contributed by atoms with Crippen LogP contribution in [0.2, 0.25) is 0 Å². The molecule has 0 spiro atoms. The molecule has 1 aromatic carbocycles. The topological polar surface area (TPSA) is 39.4 Å². The Labute approximate surface area is 107 Å². The predicted octanol–water partition coefficient (Wildman–Crippen LogP) is 3.39. The van der Waals surface area contributed by atoms with Crippen LogP contribution in [0.1, 0.15) is 5.56 Å². The van der Waals surface area contributed by atoms with Crippen LogP contribution in [0.15, 0.2) is 44.5 Å². The highest BCUT2D eigenvalue weighted by atomic mass is 79.9. The van der Waals surface area contributed by atoms with E-state index in [1.54, 1.807) is 6.07 Å². The minimum absolute atomic E-state index is 0.359. The molecule has 0 amide bonds. The van der Waals surface area contributed by atoms with Crippen molar-refractivity contribution in [1.82, 2.24) is 0 Å². The van der Waals surface area contributed by atoms with Crippen LogP contribution in [0.3, 0.4) is 0 Å². The second-order valence-electron chi connectivity index (χ2n) is 3.67. The fourth-order valence-corrected chi connectivity index (χ4v) is 1.68. The molecule has 2 aromatic rings. The van der Waals surface area contributed by atoms with Crippen LogP contribution in [-0.4, -0.2) is 6.61 Å². The molecule has 3 nitrogen and oxygen atoms in total. The second kappa shape index (κ2) is 4.75. The normalized spacial score (nSPS) is 10.5. The molecule has 0 fully saturated rings. The van der Waals surface area contributed by atoms with Gasteiger partial charge in [0, 0.05) is 21.5 Å². The average molecular weight is 295 g/mol.